The third kappa shape index (κ3) is 5.74. The van der Waals surface area contributed by atoms with Gasteiger partial charge in [0, 0.05) is 70.7 Å². The summed E-state index contributed by atoms with van der Waals surface area (Å²) in [6.45, 7) is 9.43. The van der Waals surface area contributed by atoms with E-state index in [1.807, 2.05) is 0 Å². The number of aliphatic hydroxyl groups is 1. The summed E-state index contributed by atoms with van der Waals surface area (Å²) in [6, 6.07) is 15.8. The number of nitrogens with zero attached hydrogens (tertiary/aromatic N) is 3. The molecule has 1 saturated heterocycles. The van der Waals surface area contributed by atoms with E-state index in [1.165, 1.54) is 22.4 Å². The minimum atomic E-state index is -0.346. The van der Waals surface area contributed by atoms with Gasteiger partial charge in [-0.25, -0.2) is 0 Å². The number of fused-ring (bicyclic) bond motifs is 2. The molecule has 34 heavy (non-hydrogen) atoms. The van der Waals surface area contributed by atoms with Crippen LogP contribution in [-0.4, -0.2) is 79.5 Å². The second-order valence-corrected chi connectivity index (χ2v) is 10.5. The van der Waals surface area contributed by atoms with Crippen LogP contribution in [0.3, 0.4) is 0 Å². The van der Waals surface area contributed by atoms with Crippen LogP contribution in [0.15, 0.2) is 42.5 Å². The van der Waals surface area contributed by atoms with Crippen molar-refractivity contribution in [1.29, 1.82) is 0 Å². The topological polar surface area (TPSA) is 51.2 Å². The Morgan fingerprint density at radius 1 is 1.00 bits per heavy atom. The van der Waals surface area contributed by atoms with Crippen molar-refractivity contribution in [3.63, 3.8) is 0 Å². The normalized spacial score (nSPS) is 24.7. The molecule has 0 amide bonds. The fourth-order valence-electron chi connectivity index (χ4n) is 5.74. The van der Waals surface area contributed by atoms with E-state index in [1.54, 1.807) is 0 Å². The molecule has 0 radical (unpaired) electrons. The van der Waals surface area contributed by atoms with Crippen molar-refractivity contribution in [3.05, 3.63) is 59.2 Å². The van der Waals surface area contributed by atoms with Gasteiger partial charge in [0.1, 0.15) is 11.9 Å². The minimum Gasteiger partial charge on any atom is -0.490 e. The van der Waals surface area contributed by atoms with Gasteiger partial charge in [-0.3, -0.25) is 9.80 Å². The van der Waals surface area contributed by atoms with Gasteiger partial charge in [-0.15, -0.1) is 0 Å². The molecule has 0 aliphatic carbocycles. The maximum Gasteiger partial charge on any atom is 0.121 e. The Balaban J connectivity index is 1.18. The van der Waals surface area contributed by atoms with E-state index < -0.39 is 0 Å². The standard InChI is InChI=1S/C28H40N4O2/c1-21-15-27(9-11-29-21)34-26-8-7-24-18-32(14-13-30(2)28(24)16-26)20-25(33)19-31-12-10-22-5-3-4-6-23(22)17-31/h3-8,16,21,25,27,29,33H,9-15,17-20H2,1-2H3. The van der Waals surface area contributed by atoms with Gasteiger partial charge in [-0.05, 0) is 55.5 Å². The van der Waals surface area contributed by atoms with Gasteiger partial charge >= 0.3 is 0 Å². The van der Waals surface area contributed by atoms with Crippen molar-refractivity contribution in [2.75, 3.05) is 51.2 Å². The lowest BCUT2D eigenvalue weighted by molar-refractivity contribution is 0.0682. The molecular weight excluding hydrogens is 424 g/mol. The zero-order chi connectivity index (χ0) is 23.5. The summed E-state index contributed by atoms with van der Waals surface area (Å²) in [4.78, 5) is 7.14. The maximum absolute atomic E-state index is 10.9. The van der Waals surface area contributed by atoms with Gasteiger partial charge in [0.25, 0.3) is 0 Å². The number of aliphatic hydroxyl groups excluding tert-OH is 1. The summed E-state index contributed by atoms with van der Waals surface area (Å²) in [5.41, 5.74) is 5.43. The van der Waals surface area contributed by atoms with Crippen LogP contribution in [-0.2, 0) is 19.5 Å². The Hall–Kier alpha value is -2.12. The number of nitrogens with one attached hydrogen (secondary N) is 1. The van der Waals surface area contributed by atoms with Gasteiger partial charge in [-0.1, -0.05) is 30.3 Å². The van der Waals surface area contributed by atoms with E-state index in [0.29, 0.717) is 18.7 Å². The number of benzene rings is 2. The van der Waals surface area contributed by atoms with Crippen LogP contribution in [0.5, 0.6) is 5.75 Å². The van der Waals surface area contributed by atoms with E-state index in [-0.39, 0.29) is 6.10 Å². The summed E-state index contributed by atoms with van der Waals surface area (Å²) in [5.74, 6) is 0.976. The molecule has 184 valence electrons. The second-order valence-electron chi connectivity index (χ2n) is 10.5. The number of ether oxygens (including phenoxy) is 1. The van der Waals surface area contributed by atoms with Gasteiger partial charge in [-0.2, -0.15) is 0 Å². The van der Waals surface area contributed by atoms with Gasteiger partial charge < -0.3 is 20.1 Å². The summed E-state index contributed by atoms with van der Waals surface area (Å²) in [7, 11) is 2.17. The van der Waals surface area contributed by atoms with Crippen LogP contribution >= 0.6 is 0 Å². The molecule has 0 saturated carbocycles. The first-order valence-electron chi connectivity index (χ1n) is 13.0. The molecule has 3 aliphatic heterocycles. The lowest BCUT2D eigenvalue weighted by Crippen LogP contribution is -2.42. The van der Waals surface area contributed by atoms with E-state index >= 15 is 0 Å². The molecule has 0 spiro atoms. The molecule has 1 fully saturated rings. The largest absolute Gasteiger partial charge is 0.490 e. The molecule has 2 aromatic carbocycles. The number of likely N-dealkylation sites (N-methyl/N-ethyl adjacent to an activating group) is 1. The van der Waals surface area contributed by atoms with Crippen molar-refractivity contribution in [1.82, 2.24) is 15.1 Å². The monoisotopic (exact) mass is 464 g/mol. The molecule has 3 atom stereocenters. The molecule has 3 unspecified atom stereocenters. The highest BCUT2D eigenvalue weighted by molar-refractivity contribution is 5.57. The van der Waals surface area contributed by atoms with Crippen LogP contribution < -0.4 is 15.0 Å². The van der Waals surface area contributed by atoms with Crippen LogP contribution in [0.1, 0.15) is 36.5 Å². The van der Waals surface area contributed by atoms with Crippen molar-refractivity contribution >= 4 is 5.69 Å². The number of anilines is 1. The summed E-state index contributed by atoms with van der Waals surface area (Å²) >= 11 is 0. The number of rotatable bonds is 6. The Morgan fingerprint density at radius 3 is 2.59 bits per heavy atom. The molecular formula is C28H40N4O2. The molecule has 2 N–H and O–H groups in total. The molecule has 0 bridgehead atoms. The molecule has 3 aliphatic rings. The van der Waals surface area contributed by atoms with Crippen LogP contribution in [0.2, 0.25) is 0 Å². The number of hydrogen-bond acceptors (Lipinski definition) is 6. The minimum absolute atomic E-state index is 0.291. The average Bonchev–Trinajstić information content (AvgIpc) is 2.97. The Morgan fingerprint density at radius 2 is 1.76 bits per heavy atom. The molecule has 3 heterocycles. The fourth-order valence-corrected chi connectivity index (χ4v) is 5.74. The SMILES string of the molecule is CC1CC(Oc2ccc3c(c2)N(C)CCN(CC(O)CN2CCc4ccccc4C2)C3)CCN1. The Kier molecular flexibility index (Phi) is 7.40. The highest BCUT2D eigenvalue weighted by Gasteiger charge is 2.24. The summed E-state index contributed by atoms with van der Waals surface area (Å²) in [5, 5.41) is 14.4. The Labute approximate surface area is 204 Å². The molecule has 0 aromatic heterocycles. The van der Waals surface area contributed by atoms with E-state index in [4.69, 9.17) is 4.74 Å². The number of piperidine rings is 1. The zero-order valence-electron chi connectivity index (χ0n) is 20.7. The van der Waals surface area contributed by atoms with E-state index in [2.05, 4.69) is 76.5 Å². The molecule has 2 aromatic rings. The van der Waals surface area contributed by atoms with Gasteiger partial charge in [0.2, 0.25) is 0 Å². The quantitative estimate of drug-likeness (QED) is 0.686. The number of β-amino-alcohol motifs (C(OH)–C–C–N with tert-alkyl or cyclic N) is 1. The first-order valence-corrected chi connectivity index (χ1v) is 13.0. The van der Waals surface area contributed by atoms with Crippen molar-refractivity contribution < 1.29 is 9.84 Å². The molecule has 5 rings (SSSR count). The third-order valence-corrected chi connectivity index (χ3v) is 7.64. The van der Waals surface area contributed by atoms with Crippen LogP contribution in [0, 0.1) is 0 Å². The van der Waals surface area contributed by atoms with Crippen molar-refractivity contribution in [2.45, 2.75) is 57.5 Å². The first-order chi connectivity index (χ1) is 16.5. The van der Waals surface area contributed by atoms with E-state index in [0.717, 1.165) is 70.8 Å². The Bertz CT molecular complexity index is 967. The van der Waals surface area contributed by atoms with Crippen LogP contribution in [0.25, 0.3) is 0 Å². The van der Waals surface area contributed by atoms with Crippen molar-refractivity contribution in [2.24, 2.45) is 0 Å². The summed E-state index contributed by atoms with van der Waals surface area (Å²) in [6.07, 6.45) is 3.14. The third-order valence-electron chi connectivity index (χ3n) is 7.64. The van der Waals surface area contributed by atoms with E-state index in [9.17, 15) is 5.11 Å². The average molecular weight is 465 g/mol. The lowest BCUT2D eigenvalue weighted by atomic mass is 10.00. The predicted molar refractivity (Wildman–Crippen MR) is 138 cm³/mol. The zero-order valence-corrected chi connectivity index (χ0v) is 20.7. The lowest BCUT2D eigenvalue weighted by Gasteiger charge is -2.32. The molecule has 6 heteroatoms. The predicted octanol–water partition coefficient (Wildman–Crippen LogP) is 2.88. The highest BCUT2D eigenvalue weighted by atomic mass is 16.5. The smallest absolute Gasteiger partial charge is 0.121 e. The van der Waals surface area contributed by atoms with Crippen LogP contribution in [0.4, 0.5) is 5.69 Å². The highest BCUT2D eigenvalue weighted by Crippen LogP contribution is 2.30. The second kappa shape index (κ2) is 10.6. The number of hydrogen-bond donors (Lipinski definition) is 2. The van der Waals surface area contributed by atoms with Gasteiger partial charge in [0.05, 0.1) is 6.10 Å². The van der Waals surface area contributed by atoms with Gasteiger partial charge in [0.15, 0.2) is 0 Å². The first kappa shape index (κ1) is 23.6. The molecule has 6 nitrogen and oxygen atoms in total. The summed E-state index contributed by atoms with van der Waals surface area (Å²) < 4.78 is 6.36. The van der Waals surface area contributed by atoms with Crippen molar-refractivity contribution in [3.8, 4) is 5.75 Å². The maximum atomic E-state index is 10.9. The fraction of sp³-hybridized carbons (Fsp3) is 0.571.